The summed E-state index contributed by atoms with van der Waals surface area (Å²) in [6.45, 7) is 0.858. The Morgan fingerprint density at radius 2 is 1.88 bits per heavy atom. The van der Waals surface area contributed by atoms with Gasteiger partial charge in [-0.2, -0.15) is 0 Å². The first-order chi connectivity index (χ1) is 19.4. The Hall–Kier alpha value is -4.48. The summed E-state index contributed by atoms with van der Waals surface area (Å²) in [5.74, 6) is -0.504. The normalized spacial score (nSPS) is 17.8. The SMILES string of the molecule is CNS(=O)(=O)c1cccc2[nH]c(C(=O)N[C@@H]3CN(C(=O)c4cccn5cncc45)CC[C@H]3c3ccccc3)cc12. The van der Waals surface area contributed by atoms with Crippen molar-refractivity contribution in [1.82, 2.24) is 29.3 Å². The molecule has 11 heteroatoms. The first-order valence-electron chi connectivity index (χ1n) is 13.0. The number of H-pyrrole nitrogens is 1. The third kappa shape index (κ3) is 4.63. The smallest absolute Gasteiger partial charge is 0.268 e. The number of likely N-dealkylation sites (tertiary alicyclic amines) is 1. The van der Waals surface area contributed by atoms with Crippen LogP contribution in [-0.2, 0) is 10.0 Å². The van der Waals surface area contributed by atoms with Gasteiger partial charge in [0.1, 0.15) is 5.69 Å². The van der Waals surface area contributed by atoms with Gasteiger partial charge in [-0.25, -0.2) is 18.1 Å². The van der Waals surface area contributed by atoms with Crippen LogP contribution in [0.1, 0.15) is 38.7 Å². The number of carbonyl (C=O) groups is 2. The zero-order valence-corrected chi connectivity index (χ0v) is 22.6. The second-order valence-electron chi connectivity index (χ2n) is 9.85. The minimum atomic E-state index is -3.72. The molecule has 0 unspecified atom stereocenters. The second kappa shape index (κ2) is 10.2. The number of fused-ring (bicyclic) bond motifs is 2. The van der Waals surface area contributed by atoms with E-state index >= 15 is 0 Å². The van der Waals surface area contributed by atoms with Crippen molar-refractivity contribution < 1.29 is 18.0 Å². The maximum absolute atomic E-state index is 13.6. The Morgan fingerprint density at radius 1 is 1.05 bits per heavy atom. The van der Waals surface area contributed by atoms with Crippen molar-refractivity contribution >= 4 is 38.3 Å². The highest BCUT2D eigenvalue weighted by molar-refractivity contribution is 7.89. The summed E-state index contributed by atoms with van der Waals surface area (Å²) in [6.07, 6.45) is 5.84. The van der Waals surface area contributed by atoms with E-state index in [1.165, 1.54) is 13.1 Å². The van der Waals surface area contributed by atoms with Crippen molar-refractivity contribution in [3.05, 3.63) is 102 Å². The highest BCUT2D eigenvalue weighted by atomic mass is 32.2. The number of nitrogens with zero attached hydrogens (tertiary/aromatic N) is 3. The Bertz CT molecular complexity index is 1830. The van der Waals surface area contributed by atoms with Crippen LogP contribution in [0.4, 0.5) is 0 Å². The van der Waals surface area contributed by atoms with Gasteiger partial charge in [-0.3, -0.25) is 9.59 Å². The van der Waals surface area contributed by atoms with Crippen molar-refractivity contribution in [2.45, 2.75) is 23.3 Å². The van der Waals surface area contributed by atoms with Gasteiger partial charge in [0, 0.05) is 36.1 Å². The molecule has 0 bridgehead atoms. The molecular weight excluding hydrogens is 528 g/mol. The van der Waals surface area contributed by atoms with Gasteiger partial charge in [-0.1, -0.05) is 36.4 Å². The van der Waals surface area contributed by atoms with Gasteiger partial charge >= 0.3 is 0 Å². The fourth-order valence-electron chi connectivity index (χ4n) is 5.52. The molecule has 0 aliphatic carbocycles. The van der Waals surface area contributed by atoms with Gasteiger partial charge in [0.2, 0.25) is 10.0 Å². The molecule has 1 saturated heterocycles. The molecule has 3 N–H and O–H groups in total. The molecule has 0 radical (unpaired) electrons. The minimum absolute atomic E-state index is 0.00966. The fourth-order valence-corrected chi connectivity index (χ4v) is 6.46. The van der Waals surface area contributed by atoms with Crippen LogP contribution in [0.15, 0.2) is 90.3 Å². The molecule has 0 spiro atoms. The molecule has 2 amide bonds. The number of imidazole rings is 1. The molecule has 1 fully saturated rings. The number of carbonyl (C=O) groups excluding carboxylic acids is 2. The maximum Gasteiger partial charge on any atom is 0.268 e. The van der Waals surface area contributed by atoms with Crippen molar-refractivity contribution in [3.63, 3.8) is 0 Å². The quantitative estimate of drug-likeness (QED) is 0.296. The third-order valence-electron chi connectivity index (χ3n) is 7.55. The van der Waals surface area contributed by atoms with Crippen LogP contribution < -0.4 is 10.0 Å². The van der Waals surface area contributed by atoms with Crippen LogP contribution in [0.5, 0.6) is 0 Å². The monoisotopic (exact) mass is 556 g/mol. The summed E-state index contributed by atoms with van der Waals surface area (Å²) in [6, 6.07) is 19.6. The number of amides is 2. The highest BCUT2D eigenvalue weighted by Gasteiger charge is 2.35. The van der Waals surface area contributed by atoms with Gasteiger partial charge in [0.05, 0.1) is 34.5 Å². The molecule has 1 aliphatic rings. The van der Waals surface area contributed by atoms with Gasteiger partial charge in [0.15, 0.2) is 0 Å². The lowest BCUT2D eigenvalue weighted by Crippen LogP contribution is -2.53. The van der Waals surface area contributed by atoms with Gasteiger partial charge in [-0.15, -0.1) is 0 Å². The zero-order chi connectivity index (χ0) is 27.9. The van der Waals surface area contributed by atoms with Crippen LogP contribution in [0.2, 0.25) is 0 Å². The second-order valence-corrected chi connectivity index (χ2v) is 11.7. The Balaban J connectivity index is 1.30. The van der Waals surface area contributed by atoms with Crippen LogP contribution in [0, 0.1) is 0 Å². The van der Waals surface area contributed by atoms with Crippen molar-refractivity contribution in [2.24, 2.45) is 0 Å². The number of sulfonamides is 1. The van der Waals surface area contributed by atoms with E-state index in [0.29, 0.717) is 36.0 Å². The van der Waals surface area contributed by atoms with Gasteiger partial charge < -0.3 is 19.6 Å². The predicted molar refractivity (Wildman–Crippen MR) is 151 cm³/mol. The van der Waals surface area contributed by atoms with E-state index in [4.69, 9.17) is 0 Å². The van der Waals surface area contributed by atoms with Gasteiger partial charge in [-0.05, 0) is 49.4 Å². The Labute approximate surface area is 231 Å². The lowest BCUT2D eigenvalue weighted by molar-refractivity contribution is 0.0656. The van der Waals surface area contributed by atoms with E-state index in [0.717, 1.165) is 11.1 Å². The molecule has 2 aromatic carbocycles. The standard InChI is InChI=1S/C29H28N6O4S/c1-30-40(38,39)27-11-5-10-23-22(27)15-24(32-23)28(36)33-25-17-34(14-12-20(25)19-7-3-2-4-8-19)29(37)21-9-6-13-35-18-31-16-26(21)35/h2-11,13,15-16,18,20,25,30,32H,12,14,17H2,1H3,(H,33,36)/t20-,25+/m0/s1. The molecule has 40 heavy (non-hydrogen) atoms. The summed E-state index contributed by atoms with van der Waals surface area (Å²) in [5, 5.41) is 3.57. The fraction of sp³-hybridized carbons (Fsp3) is 0.207. The van der Waals surface area contributed by atoms with E-state index in [-0.39, 0.29) is 34.4 Å². The number of hydrogen-bond donors (Lipinski definition) is 3. The molecule has 1 aliphatic heterocycles. The summed E-state index contributed by atoms with van der Waals surface area (Å²) >= 11 is 0. The largest absolute Gasteiger partial charge is 0.350 e. The molecule has 204 valence electrons. The molecule has 10 nitrogen and oxygen atoms in total. The molecule has 2 atom stereocenters. The van der Waals surface area contributed by atoms with E-state index in [1.807, 2.05) is 47.0 Å². The minimum Gasteiger partial charge on any atom is -0.350 e. The maximum atomic E-state index is 13.6. The average Bonchev–Trinajstić information content (AvgIpc) is 3.64. The molecule has 5 aromatic rings. The number of benzene rings is 2. The number of hydrogen-bond acceptors (Lipinski definition) is 5. The third-order valence-corrected chi connectivity index (χ3v) is 9.03. The molecule has 3 aromatic heterocycles. The van der Waals surface area contributed by atoms with Crippen LogP contribution in [0.25, 0.3) is 16.4 Å². The number of aromatic amines is 1. The van der Waals surface area contributed by atoms with Crippen molar-refractivity contribution in [3.8, 4) is 0 Å². The average molecular weight is 557 g/mol. The van der Waals surface area contributed by atoms with E-state index in [1.54, 1.807) is 41.7 Å². The zero-order valence-electron chi connectivity index (χ0n) is 21.7. The number of aromatic nitrogens is 3. The number of nitrogens with one attached hydrogen (secondary N) is 3. The molecule has 6 rings (SSSR count). The van der Waals surface area contributed by atoms with Crippen LogP contribution in [-0.4, -0.2) is 65.7 Å². The Kier molecular flexibility index (Phi) is 6.60. The molecular formula is C29H28N6O4S. The first-order valence-corrected chi connectivity index (χ1v) is 14.4. The number of piperidine rings is 1. The van der Waals surface area contributed by atoms with Crippen molar-refractivity contribution in [2.75, 3.05) is 20.1 Å². The first kappa shape index (κ1) is 25.8. The number of pyridine rings is 1. The summed E-state index contributed by atoms with van der Waals surface area (Å²) < 4.78 is 29.2. The summed E-state index contributed by atoms with van der Waals surface area (Å²) in [5.41, 5.74) is 3.14. The topological polar surface area (TPSA) is 129 Å². The van der Waals surface area contributed by atoms with Gasteiger partial charge in [0.25, 0.3) is 11.8 Å². The predicted octanol–water partition coefficient (Wildman–Crippen LogP) is 3.15. The van der Waals surface area contributed by atoms with E-state index in [9.17, 15) is 18.0 Å². The Morgan fingerprint density at radius 3 is 2.67 bits per heavy atom. The van der Waals surface area contributed by atoms with Crippen LogP contribution in [0.3, 0.4) is 0 Å². The van der Waals surface area contributed by atoms with Crippen molar-refractivity contribution in [1.29, 1.82) is 0 Å². The summed E-state index contributed by atoms with van der Waals surface area (Å²) in [4.78, 5) is 36.3. The van der Waals surface area contributed by atoms with E-state index in [2.05, 4.69) is 20.0 Å². The summed E-state index contributed by atoms with van der Waals surface area (Å²) in [7, 11) is -2.37. The number of rotatable bonds is 6. The lowest BCUT2D eigenvalue weighted by Gasteiger charge is -2.39. The molecule has 0 saturated carbocycles. The lowest BCUT2D eigenvalue weighted by atomic mass is 9.85. The van der Waals surface area contributed by atoms with Crippen LogP contribution >= 0.6 is 0 Å². The molecule has 4 heterocycles. The highest BCUT2D eigenvalue weighted by Crippen LogP contribution is 2.30. The van der Waals surface area contributed by atoms with E-state index < -0.39 is 10.0 Å².